The molecule has 1 aromatic carbocycles. The molecule has 2 aliphatic rings. The zero-order valence-corrected chi connectivity index (χ0v) is 17.6. The van der Waals surface area contributed by atoms with Crippen molar-refractivity contribution >= 4 is 11.8 Å². The highest BCUT2D eigenvalue weighted by molar-refractivity contribution is 5.94. The standard InChI is InChI=1S/C24H28FN3O3/c25-20-9-3-4-10-22(20)31-16-23(29)28-13-5-6-18(15-28)21-12-11-17(14-26-21)24(30)27-19-7-1-2-8-19/h3-4,9-12,14,18-19H,1-2,5-8,13,15-16H2,(H,27,30). The van der Waals surface area contributed by atoms with Gasteiger partial charge in [0.05, 0.1) is 5.56 Å². The van der Waals surface area contributed by atoms with Gasteiger partial charge in [0, 0.05) is 36.9 Å². The quantitative estimate of drug-likeness (QED) is 0.767. The van der Waals surface area contributed by atoms with E-state index in [0.717, 1.165) is 31.4 Å². The van der Waals surface area contributed by atoms with Gasteiger partial charge in [-0.3, -0.25) is 14.6 Å². The number of pyridine rings is 1. The Morgan fingerprint density at radius 2 is 1.90 bits per heavy atom. The molecule has 1 unspecified atom stereocenters. The largest absolute Gasteiger partial charge is 0.481 e. The average Bonchev–Trinajstić information content (AvgIpc) is 3.31. The molecule has 2 heterocycles. The van der Waals surface area contributed by atoms with Gasteiger partial charge in [-0.2, -0.15) is 0 Å². The maximum Gasteiger partial charge on any atom is 0.260 e. The Balaban J connectivity index is 1.32. The Kier molecular flexibility index (Phi) is 6.79. The second kappa shape index (κ2) is 9.90. The minimum atomic E-state index is -0.479. The van der Waals surface area contributed by atoms with E-state index in [2.05, 4.69) is 10.3 Å². The molecule has 6 nitrogen and oxygen atoms in total. The number of hydrogen-bond acceptors (Lipinski definition) is 4. The Bertz CT molecular complexity index is 913. The molecule has 0 spiro atoms. The van der Waals surface area contributed by atoms with Crippen LogP contribution < -0.4 is 10.1 Å². The molecule has 2 amide bonds. The number of halogens is 1. The van der Waals surface area contributed by atoms with Crippen LogP contribution in [0, 0.1) is 5.82 Å². The summed E-state index contributed by atoms with van der Waals surface area (Å²) in [5, 5.41) is 3.08. The van der Waals surface area contributed by atoms with Crippen LogP contribution in [0.4, 0.5) is 4.39 Å². The lowest BCUT2D eigenvalue weighted by Gasteiger charge is -2.32. The first-order chi connectivity index (χ1) is 15.1. The van der Waals surface area contributed by atoms with Gasteiger partial charge < -0.3 is 15.0 Å². The number of carbonyl (C=O) groups excluding carboxylic acids is 2. The van der Waals surface area contributed by atoms with E-state index < -0.39 is 5.82 Å². The number of rotatable bonds is 6. The molecular weight excluding hydrogens is 397 g/mol. The maximum atomic E-state index is 13.7. The number of piperidine rings is 1. The highest BCUT2D eigenvalue weighted by Crippen LogP contribution is 2.26. The summed E-state index contributed by atoms with van der Waals surface area (Å²) in [6.07, 6.45) is 7.85. The Hall–Kier alpha value is -2.96. The first kappa shape index (κ1) is 21.3. The van der Waals surface area contributed by atoms with Gasteiger partial charge in [-0.25, -0.2) is 4.39 Å². The van der Waals surface area contributed by atoms with Crippen LogP contribution in [0.3, 0.4) is 0 Å². The molecule has 31 heavy (non-hydrogen) atoms. The van der Waals surface area contributed by atoms with Crippen molar-refractivity contribution in [3.05, 3.63) is 59.7 Å². The van der Waals surface area contributed by atoms with Crippen molar-refractivity contribution in [1.29, 1.82) is 0 Å². The van der Waals surface area contributed by atoms with E-state index in [-0.39, 0.29) is 36.1 Å². The van der Waals surface area contributed by atoms with E-state index in [0.29, 0.717) is 18.7 Å². The van der Waals surface area contributed by atoms with Gasteiger partial charge in [-0.15, -0.1) is 0 Å². The number of nitrogens with zero attached hydrogens (tertiary/aromatic N) is 2. The predicted molar refractivity (Wildman–Crippen MR) is 114 cm³/mol. The molecule has 0 radical (unpaired) electrons. The number of likely N-dealkylation sites (tertiary alicyclic amines) is 1. The fraction of sp³-hybridized carbons (Fsp3) is 0.458. The van der Waals surface area contributed by atoms with Crippen molar-refractivity contribution in [3.63, 3.8) is 0 Å². The minimum absolute atomic E-state index is 0.0725. The summed E-state index contributed by atoms with van der Waals surface area (Å²) in [6.45, 7) is 0.999. The number of aromatic nitrogens is 1. The van der Waals surface area contributed by atoms with Gasteiger partial charge in [-0.05, 0) is 49.9 Å². The summed E-state index contributed by atoms with van der Waals surface area (Å²) >= 11 is 0. The molecule has 1 saturated carbocycles. The van der Waals surface area contributed by atoms with Gasteiger partial charge >= 0.3 is 0 Å². The molecule has 1 aromatic heterocycles. The SMILES string of the molecule is O=C(NC1CCCC1)c1ccc(C2CCCN(C(=O)COc3ccccc3F)C2)nc1. The van der Waals surface area contributed by atoms with Gasteiger partial charge in [0.25, 0.3) is 11.8 Å². The van der Waals surface area contributed by atoms with E-state index in [1.165, 1.54) is 25.0 Å². The van der Waals surface area contributed by atoms with Crippen LogP contribution in [0.5, 0.6) is 5.75 Å². The first-order valence-corrected chi connectivity index (χ1v) is 11.0. The fourth-order valence-corrected chi connectivity index (χ4v) is 4.36. The Labute approximate surface area is 181 Å². The minimum Gasteiger partial charge on any atom is -0.481 e. The van der Waals surface area contributed by atoms with Crippen molar-refractivity contribution in [3.8, 4) is 5.75 Å². The molecule has 2 aromatic rings. The fourth-order valence-electron chi connectivity index (χ4n) is 4.36. The number of para-hydroxylation sites is 1. The molecule has 1 atom stereocenters. The highest BCUT2D eigenvalue weighted by Gasteiger charge is 2.26. The van der Waals surface area contributed by atoms with Crippen LogP contribution in [0.1, 0.15) is 60.5 Å². The summed E-state index contributed by atoms with van der Waals surface area (Å²) in [7, 11) is 0. The van der Waals surface area contributed by atoms with Crippen LogP contribution in [0.15, 0.2) is 42.6 Å². The van der Waals surface area contributed by atoms with E-state index in [9.17, 15) is 14.0 Å². The average molecular weight is 426 g/mol. The van der Waals surface area contributed by atoms with Crippen LogP contribution in [0.2, 0.25) is 0 Å². The highest BCUT2D eigenvalue weighted by atomic mass is 19.1. The van der Waals surface area contributed by atoms with Crippen LogP contribution in [-0.4, -0.2) is 47.4 Å². The topological polar surface area (TPSA) is 71.5 Å². The molecule has 1 aliphatic heterocycles. The smallest absolute Gasteiger partial charge is 0.260 e. The van der Waals surface area contributed by atoms with Crippen molar-refractivity contribution in [2.75, 3.05) is 19.7 Å². The Morgan fingerprint density at radius 3 is 2.65 bits per heavy atom. The Morgan fingerprint density at radius 1 is 1.10 bits per heavy atom. The van der Waals surface area contributed by atoms with E-state index in [1.54, 1.807) is 23.2 Å². The molecule has 7 heteroatoms. The molecule has 2 fully saturated rings. The second-order valence-electron chi connectivity index (χ2n) is 8.32. The molecule has 1 aliphatic carbocycles. The lowest BCUT2D eigenvalue weighted by molar-refractivity contribution is -0.134. The summed E-state index contributed by atoms with van der Waals surface area (Å²) in [5.74, 6) is -0.527. The van der Waals surface area contributed by atoms with Gasteiger partial charge in [0.2, 0.25) is 0 Å². The monoisotopic (exact) mass is 425 g/mol. The molecule has 0 bridgehead atoms. The predicted octanol–water partition coefficient (Wildman–Crippen LogP) is 3.68. The number of carbonyl (C=O) groups is 2. The van der Waals surface area contributed by atoms with Crippen LogP contribution >= 0.6 is 0 Å². The number of benzene rings is 1. The zero-order chi connectivity index (χ0) is 21.6. The van der Waals surface area contributed by atoms with E-state index >= 15 is 0 Å². The molecule has 1 N–H and O–H groups in total. The molecular formula is C24H28FN3O3. The number of hydrogen-bond donors (Lipinski definition) is 1. The number of nitrogens with one attached hydrogen (secondary N) is 1. The maximum absolute atomic E-state index is 13.7. The van der Waals surface area contributed by atoms with Crippen LogP contribution in [-0.2, 0) is 4.79 Å². The van der Waals surface area contributed by atoms with Gasteiger partial charge in [-0.1, -0.05) is 25.0 Å². The molecule has 164 valence electrons. The van der Waals surface area contributed by atoms with Gasteiger partial charge in [0.1, 0.15) is 0 Å². The molecule has 4 rings (SSSR count). The summed E-state index contributed by atoms with van der Waals surface area (Å²) in [6, 6.07) is 10.0. The third kappa shape index (κ3) is 5.40. The lowest BCUT2D eigenvalue weighted by Crippen LogP contribution is -2.41. The van der Waals surface area contributed by atoms with Crippen molar-refractivity contribution < 1.29 is 18.7 Å². The van der Waals surface area contributed by atoms with E-state index in [4.69, 9.17) is 4.74 Å². The lowest BCUT2D eigenvalue weighted by atomic mass is 9.94. The van der Waals surface area contributed by atoms with E-state index in [1.807, 2.05) is 12.1 Å². The summed E-state index contributed by atoms with van der Waals surface area (Å²) < 4.78 is 19.0. The van der Waals surface area contributed by atoms with Crippen molar-refractivity contribution in [2.24, 2.45) is 0 Å². The third-order valence-electron chi connectivity index (χ3n) is 6.12. The third-order valence-corrected chi connectivity index (χ3v) is 6.12. The van der Waals surface area contributed by atoms with Crippen LogP contribution in [0.25, 0.3) is 0 Å². The van der Waals surface area contributed by atoms with Crippen molar-refractivity contribution in [2.45, 2.75) is 50.5 Å². The zero-order valence-electron chi connectivity index (χ0n) is 17.6. The first-order valence-electron chi connectivity index (χ1n) is 11.0. The number of ether oxygens (including phenoxy) is 1. The summed E-state index contributed by atoms with van der Waals surface area (Å²) in [5.41, 5.74) is 1.45. The summed E-state index contributed by atoms with van der Waals surface area (Å²) in [4.78, 5) is 31.2. The normalized spacial score (nSPS) is 19.3. The van der Waals surface area contributed by atoms with Gasteiger partial charge in [0.15, 0.2) is 18.2 Å². The molecule has 1 saturated heterocycles. The second-order valence-corrected chi connectivity index (χ2v) is 8.32. The van der Waals surface area contributed by atoms with Crippen molar-refractivity contribution in [1.82, 2.24) is 15.2 Å². The number of amides is 2.